The molecule has 2 aliphatic rings. The van der Waals surface area contributed by atoms with E-state index in [1.807, 2.05) is 46.8 Å². The Bertz CT molecular complexity index is 1860. The Morgan fingerprint density at radius 1 is 1.07 bits per heavy atom. The van der Waals surface area contributed by atoms with E-state index in [-0.39, 0.29) is 11.6 Å². The van der Waals surface area contributed by atoms with Crippen LogP contribution < -0.4 is 10.1 Å². The molecule has 7 rings (SSSR count). The molecule has 0 bridgehead atoms. The van der Waals surface area contributed by atoms with Crippen LogP contribution in [-0.2, 0) is 11.8 Å². The molecule has 1 saturated heterocycles. The Morgan fingerprint density at radius 2 is 1.88 bits per heavy atom. The lowest BCUT2D eigenvalue weighted by molar-refractivity contribution is -0.125. The third kappa shape index (κ3) is 4.52. The quantitative estimate of drug-likeness (QED) is 0.252. The predicted molar refractivity (Wildman–Crippen MR) is 158 cm³/mol. The van der Waals surface area contributed by atoms with Gasteiger partial charge in [0.25, 0.3) is 0 Å². The number of benzene rings is 2. The topological polar surface area (TPSA) is 98.1 Å². The van der Waals surface area contributed by atoms with Crippen molar-refractivity contribution in [3.8, 4) is 11.5 Å². The van der Waals surface area contributed by atoms with Gasteiger partial charge in [0, 0.05) is 43.4 Å². The first-order valence-electron chi connectivity index (χ1n) is 14.1. The zero-order valence-corrected chi connectivity index (χ0v) is 23.4. The summed E-state index contributed by atoms with van der Waals surface area (Å²) < 4.78 is 23.6. The molecule has 212 valence electrons. The minimum absolute atomic E-state index is 0.00527. The number of fused-ring (bicyclic) bond motifs is 3. The summed E-state index contributed by atoms with van der Waals surface area (Å²) in [5, 5.41) is 3.15. The third-order valence-electron chi connectivity index (χ3n) is 8.67. The lowest BCUT2D eigenvalue weighted by atomic mass is 10.0. The maximum atomic E-state index is 15.6. The number of amides is 1. The average Bonchev–Trinajstić information content (AvgIpc) is 3.70. The van der Waals surface area contributed by atoms with Crippen molar-refractivity contribution < 1.29 is 13.9 Å². The van der Waals surface area contributed by atoms with Gasteiger partial charge in [-0.05, 0) is 74.1 Å². The molecule has 3 atom stereocenters. The SMILES string of the molecule is C=CC(=O)N1C[C@H]2C[C@H](c3ccc4ncnc(Nc5ccc(Oc6ccc7c(c6)ncn7C)c(C)c5F)c4n3)C[C@H]2C1. The van der Waals surface area contributed by atoms with Gasteiger partial charge in [0.1, 0.15) is 23.3 Å². The number of carbonyl (C=O) groups is 1. The van der Waals surface area contributed by atoms with Gasteiger partial charge in [0.2, 0.25) is 5.91 Å². The number of anilines is 2. The second kappa shape index (κ2) is 10.2. The lowest BCUT2D eigenvalue weighted by Gasteiger charge is -2.18. The van der Waals surface area contributed by atoms with Crippen molar-refractivity contribution in [3.63, 3.8) is 0 Å². The largest absolute Gasteiger partial charge is 0.457 e. The fourth-order valence-electron chi connectivity index (χ4n) is 6.43. The molecule has 1 N–H and O–H groups in total. The Morgan fingerprint density at radius 3 is 2.67 bits per heavy atom. The summed E-state index contributed by atoms with van der Waals surface area (Å²) in [6.07, 6.45) is 6.54. The summed E-state index contributed by atoms with van der Waals surface area (Å²) in [7, 11) is 1.93. The summed E-state index contributed by atoms with van der Waals surface area (Å²) >= 11 is 0. The van der Waals surface area contributed by atoms with E-state index < -0.39 is 5.82 Å². The number of hydrogen-bond donors (Lipinski definition) is 1. The first kappa shape index (κ1) is 26.1. The summed E-state index contributed by atoms with van der Waals surface area (Å²) in [5.41, 5.74) is 4.68. The van der Waals surface area contributed by atoms with Crippen molar-refractivity contribution in [2.45, 2.75) is 25.7 Å². The van der Waals surface area contributed by atoms with Crippen LogP contribution in [0.25, 0.3) is 22.1 Å². The van der Waals surface area contributed by atoms with Crippen molar-refractivity contribution in [2.75, 3.05) is 18.4 Å². The minimum Gasteiger partial charge on any atom is -0.457 e. The number of imidazole rings is 1. The Hall–Kier alpha value is -4.86. The highest BCUT2D eigenvalue weighted by molar-refractivity contribution is 5.88. The molecule has 42 heavy (non-hydrogen) atoms. The minimum atomic E-state index is -0.434. The van der Waals surface area contributed by atoms with Crippen LogP contribution in [0.15, 0.2) is 67.8 Å². The van der Waals surface area contributed by atoms with Crippen LogP contribution in [0.1, 0.15) is 30.0 Å². The summed E-state index contributed by atoms with van der Waals surface area (Å²) in [4.78, 5) is 32.1. The Labute approximate surface area is 242 Å². The van der Waals surface area contributed by atoms with E-state index in [4.69, 9.17) is 9.72 Å². The van der Waals surface area contributed by atoms with E-state index in [9.17, 15) is 4.79 Å². The number of nitrogens with one attached hydrogen (secondary N) is 1. The van der Waals surface area contributed by atoms with Gasteiger partial charge in [-0.2, -0.15) is 0 Å². The van der Waals surface area contributed by atoms with E-state index in [0.29, 0.717) is 51.7 Å². The van der Waals surface area contributed by atoms with Gasteiger partial charge in [0.15, 0.2) is 11.6 Å². The summed E-state index contributed by atoms with van der Waals surface area (Å²) in [6, 6.07) is 13.0. The average molecular weight is 564 g/mol. The maximum absolute atomic E-state index is 15.6. The zero-order chi connectivity index (χ0) is 29.0. The van der Waals surface area contributed by atoms with Gasteiger partial charge >= 0.3 is 0 Å². The van der Waals surface area contributed by atoms with E-state index in [0.717, 1.165) is 42.7 Å². The number of aryl methyl sites for hydroxylation is 1. The molecule has 10 heteroatoms. The van der Waals surface area contributed by atoms with Gasteiger partial charge in [-0.25, -0.2) is 24.3 Å². The lowest BCUT2D eigenvalue weighted by Crippen LogP contribution is -2.27. The molecule has 1 saturated carbocycles. The predicted octanol–water partition coefficient (Wildman–Crippen LogP) is 6.03. The molecule has 0 unspecified atom stereocenters. The van der Waals surface area contributed by atoms with Gasteiger partial charge in [-0.3, -0.25) is 4.79 Å². The van der Waals surface area contributed by atoms with Crippen molar-refractivity contribution in [3.05, 3.63) is 84.8 Å². The van der Waals surface area contributed by atoms with Crippen LogP contribution in [0, 0.1) is 24.6 Å². The van der Waals surface area contributed by atoms with Crippen LogP contribution in [-0.4, -0.2) is 48.4 Å². The molecule has 5 aromatic rings. The zero-order valence-electron chi connectivity index (χ0n) is 23.4. The highest BCUT2D eigenvalue weighted by Gasteiger charge is 2.42. The van der Waals surface area contributed by atoms with Gasteiger partial charge in [-0.1, -0.05) is 6.58 Å². The standard InChI is InChI=1S/C32H30FN7O2/c1-4-29(41)40-14-20-11-19(12-21(20)15-40)23-6-7-25-31(37-23)32(35-16-34-25)38-24-8-10-28(18(2)30(24)33)42-22-5-9-27-26(13-22)36-17-39(27)3/h4-10,13,16-17,19-21H,1,11-12,14-15H2,2-3H3,(H,34,35,38)/t19-,20+,21-. The molecule has 2 fully saturated rings. The van der Waals surface area contributed by atoms with Crippen LogP contribution in [0.4, 0.5) is 15.9 Å². The second-order valence-electron chi connectivity index (χ2n) is 11.2. The number of rotatable bonds is 6. The highest BCUT2D eigenvalue weighted by Crippen LogP contribution is 2.46. The normalized spacial score (nSPS) is 19.8. The maximum Gasteiger partial charge on any atom is 0.245 e. The number of hydrogen-bond acceptors (Lipinski definition) is 7. The first-order valence-corrected chi connectivity index (χ1v) is 14.1. The number of pyridine rings is 1. The van der Waals surface area contributed by atoms with Crippen molar-refractivity contribution in [1.29, 1.82) is 0 Å². The molecule has 1 amide bonds. The van der Waals surface area contributed by atoms with E-state index in [2.05, 4.69) is 26.8 Å². The van der Waals surface area contributed by atoms with Crippen LogP contribution >= 0.6 is 0 Å². The van der Waals surface area contributed by atoms with Crippen molar-refractivity contribution >= 4 is 39.5 Å². The molecular formula is C32H30FN7O2. The molecule has 9 nitrogen and oxygen atoms in total. The molecule has 0 spiro atoms. The van der Waals surface area contributed by atoms with Gasteiger partial charge < -0.3 is 19.5 Å². The third-order valence-corrected chi connectivity index (χ3v) is 8.67. The smallest absolute Gasteiger partial charge is 0.245 e. The Kier molecular flexibility index (Phi) is 6.33. The van der Waals surface area contributed by atoms with E-state index in [1.54, 1.807) is 25.4 Å². The molecule has 4 heterocycles. The number of likely N-dealkylation sites (tertiary alicyclic amines) is 1. The molecule has 1 aliphatic carbocycles. The number of carbonyl (C=O) groups excluding carboxylic acids is 1. The Balaban J connectivity index is 1.11. The van der Waals surface area contributed by atoms with Gasteiger partial charge in [-0.15, -0.1) is 0 Å². The molecule has 0 radical (unpaired) electrons. The van der Waals surface area contributed by atoms with E-state index >= 15 is 4.39 Å². The van der Waals surface area contributed by atoms with Crippen molar-refractivity contribution in [1.82, 2.24) is 29.4 Å². The highest BCUT2D eigenvalue weighted by atomic mass is 19.1. The summed E-state index contributed by atoms with van der Waals surface area (Å²) in [5.74, 6) is 2.23. The molecule has 2 aromatic carbocycles. The van der Waals surface area contributed by atoms with E-state index in [1.165, 1.54) is 12.4 Å². The monoisotopic (exact) mass is 563 g/mol. The number of aromatic nitrogens is 5. The number of halogens is 1. The first-order chi connectivity index (χ1) is 20.4. The molecular weight excluding hydrogens is 533 g/mol. The molecule has 1 aliphatic heterocycles. The second-order valence-corrected chi connectivity index (χ2v) is 11.2. The van der Waals surface area contributed by atoms with Crippen LogP contribution in [0.2, 0.25) is 0 Å². The summed E-state index contributed by atoms with van der Waals surface area (Å²) in [6.45, 7) is 6.84. The number of ether oxygens (including phenoxy) is 1. The fraction of sp³-hybridized carbons (Fsp3) is 0.281. The van der Waals surface area contributed by atoms with Crippen LogP contribution in [0.3, 0.4) is 0 Å². The number of nitrogens with zero attached hydrogens (tertiary/aromatic N) is 6. The van der Waals surface area contributed by atoms with Crippen molar-refractivity contribution in [2.24, 2.45) is 18.9 Å². The van der Waals surface area contributed by atoms with Crippen LogP contribution in [0.5, 0.6) is 11.5 Å². The fourth-order valence-corrected chi connectivity index (χ4v) is 6.43. The van der Waals surface area contributed by atoms with Gasteiger partial charge in [0.05, 0.1) is 28.6 Å². The molecule has 3 aromatic heterocycles.